The van der Waals surface area contributed by atoms with Gasteiger partial charge in [-0.05, 0) is 31.5 Å². The molecule has 0 atom stereocenters. The summed E-state index contributed by atoms with van der Waals surface area (Å²) < 4.78 is 27.2. The summed E-state index contributed by atoms with van der Waals surface area (Å²) in [6.45, 7) is 5.68. The maximum atomic E-state index is 5.65. The van der Waals surface area contributed by atoms with Crippen molar-refractivity contribution in [3.8, 4) is 28.7 Å². The highest BCUT2D eigenvalue weighted by Crippen LogP contribution is 2.39. The molecule has 0 fully saturated rings. The molecular weight excluding hydrogens is 513 g/mol. The molecule has 2 rings (SSSR count). The maximum absolute atomic E-state index is 5.65. The van der Waals surface area contributed by atoms with Gasteiger partial charge in [0.15, 0.2) is 29.0 Å². The van der Waals surface area contributed by atoms with Gasteiger partial charge in [0.25, 0.3) is 0 Å². The van der Waals surface area contributed by atoms with Crippen molar-refractivity contribution in [3.05, 3.63) is 35.9 Å². The Morgan fingerprint density at radius 1 is 0.839 bits per heavy atom. The lowest BCUT2D eigenvalue weighted by atomic mass is 10.2. The highest BCUT2D eigenvalue weighted by Gasteiger charge is 2.14. The minimum Gasteiger partial charge on any atom is -0.493 e. The highest BCUT2D eigenvalue weighted by molar-refractivity contribution is 14.0. The number of guanidine groups is 1. The Hall–Kier alpha value is -2.56. The summed E-state index contributed by atoms with van der Waals surface area (Å²) in [5.74, 6) is 3.69. The van der Waals surface area contributed by atoms with Crippen LogP contribution in [0.1, 0.15) is 19.4 Å². The monoisotopic (exact) mass is 545 g/mol. The molecule has 0 unspecified atom stereocenters. The number of methoxy groups -OCH3 is 4. The molecule has 0 aliphatic rings. The molecule has 0 bridgehead atoms. The van der Waals surface area contributed by atoms with Crippen LogP contribution in [0.2, 0.25) is 0 Å². The van der Waals surface area contributed by atoms with E-state index in [1.165, 1.54) is 0 Å². The van der Waals surface area contributed by atoms with Crippen molar-refractivity contribution >= 4 is 35.6 Å². The minimum absolute atomic E-state index is 0. The van der Waals surface area contributed by atoms with Gasteiger partial charge in [-0.15, -0.1) is 24.0 Å². The molecule has 2 aromatic rings. The number of nitrogens with zero attached hydrogens (tertiary/aromatic N) is 1. The third kappa shape index (κ3) is 7.27. The molecule has 0 heterocycles. The average molecular weight is 545 g/mol. The van der Waals surface area contributed by atoms with Crippen molar-refractivity contribution in [2.24, 2.45) is 4.99 Å². The normalized spacial score (nSPS) is 10.6. The van der Waals surface area contributed by atoms with E-state index >= 15 is 0 Å². The van der Waals surface area contributed by atoms with Crippen molar-refractivity contribution in [1.29, 1.82) is 0 Å². The zero-order valence-electron chi connectivity index (χ0n) is 18.9. The van der Waals surface area contributed by atoms with Crippen LogP contribution in [-0.4, -0.2) is 47.6 Å². The van der Waals surface area contributed by atoms with Gasteiger partial charge in [0.1, 0.15) is 0 Å². The van der Waals surface area contributed by atoms with Gasteiger partial charge in [-0.3, -0.25) is 0 Å². The molecule has 8 nitrogen and oxygen atoms in total. The van der Waals surface area contributed by atoms with Crippen LogP contribution in [0.4, 0.5) is 5.69 Å². The maximum Gasteiger partial charge on any atom is 0.203 e. The summed E-state index contributed by atoms with van der Waals surface area (Å²) in [6.07, 6.45) is 0. The molecule has 172 valence electrons. The van der Waals surface area contributed by atoms with Crippen LogP contribution in [-0.2, 0) is 6.54 Å². The van der Waals surface area contributed by atoms with Crippen LogP contribution in [0.5, 0.6) is 28.7 Å². The molecule has 2 aromatic carbocycles. The number of hydrogen-bond donors (Lipinski definition) is 2. The third-order valence-corrected chi connectivity index (χ3v) is 4.22. The standard InChI is InChI=1S/C22H31N3O5.HI/c1-7-23-22(24-14-15-9-10-17(26-3)18(11-15)30-8-2)25-16-12-19(27-4)21(29-6)20(13-16)28-5;/h9-13H,7-8,14H2,1-6H3,(H2,23,24,25);1H. The van der Waals surface area contributed by atoms with Crippen molar-refractivity contribution in [1.82, 2.24) is 5.32 Å². The van der Waals surface area contributed by atoms with Gasteiger partial charge < -0.3 is 34.3 Å². The van der Waals surface area contributed by atoms with Crippen LogP contribution in [0.25, 0.3) is 0 Å². The molecule has 0 saturated heterocycles. The van der Waals surface area contributed by atoms with Gasteiger partial charge in [0.05, 0.1) is 41.6 Å². The van der Waals surface area contributed by atoms with E-state index in [1.54, 1.807) is 28.4 Å². The van der Waals surface area contributed by atoms with Gasteiger partial charge in [-0.25, -0.2) is 4.99 Å². The summed E-state index contributed by atoms with van der Waals surface area (Å²) in [6, 6.07) is 9.45. The largest absolute Gasteiger partial charge is 0.493 e. The van der Waals surface area contributed by atoms with E-state index in [9.17, 15) is 0 Å². The summed E-state index contributed by atoms with van der Waals surface area (Å²) in [5.41, 5.74) is 1.76. The molecule has 31 heavy (non-hydrogen) atoms. The van der Waals surface area contributed by atoms with Gasteiger partial charge in [-0.1, -0.05) is 6.07 Å². The van der Waals surface area contributed by atoms with Crippen molar-refractivity contribution in [2.75, 3.05) is 46.9 Å². The van der Waals surface area contributed by atoms with E-state index in [-0.39, 0.29) is 24.0 Å². The molecule has 2 N–H and O–H groups in total. The topological polar surface area (TPSA) is 82.6 Å². The second kappa shape index (κ2) is 13.7. The smallest absolute Gasteiger partial charge is 0.203 e. The van der Waals surface area contributed by atoms with Crippen LogP contribution in [0.15, 0.2) is 35.3 Å². The number of nitrogens with one attached hydrogen (secondary N) is 2. The first-order valence-corrected chi connectivity index (χ1v) is 9.75. The Bertz CT molecular complexity index is 836. The van der Waals surface area contributed by atoms with Gasteiger partial charge in [-0.2, -0.15) is 0 Å². The zero-order valence-corrected chi connectivity index (χ0v) is 21.2. The number of benzene rings is 2. The Balaban J connectivity index is 0.00000480. The minimum atomic E-state index is 0. The van der Waals surface area contributed by atoms with Crippen molar-refractivity contribution < 1.29 is 23.7 Å². The lowest BCUT2D eigenvalue weighted by Crippen LogP contribution is -2.30. The lowest BCUT2D eigenvalue weighted by Gasteiger charge is -2.16. The van der Waals surface area contributed by atoms with Crippen LogP contribution in [0.3, 0.4) is 0 Å². The Morgan fingerprint density at radius 3 is 2.00 bits per heavy atom. The van der Waals surface area contributed by atoms with Gasteiger partial charge in [0, 0.05) is 24.4 Å². The van der Waals surface area contributed by atoms with Crippen LogP contribution < -0.4 is 34.3 Å². The van der Waals surface area contributed by atoms with E-state index in [1.807, 2.05) is 44.2 Å². The number of ether oxygens (including phenoxy) is 5. The first kappa shape index (κ1) is 26.5. The lowest BCUT2D eigenvalue weighted by molar-refractivity contribution is 0.310. The summed E-state index contributed by atoms with van der Waals surface area (Å²) in [4.78, 5) is 4.67. The van der Waals surface area contributed by atoms with Crippen LogP contribution in [0, 0.1) is 0 Å². The summed E-state index contributed by atoms with van der Waals surface area (Å²) in [5, 5.41) is 6.52. The van der Waals surface area contributed by atoms with Gasteiger partial charge >= 0.3 is 0 Å². The predicted molar refractivity (Wildman–Crippen MR) is 134 cm³/mol. The fourth-order valence-electron chi connectivity index (χ4n) is 2.86. The van der Waals surface area contributed by atoms with E-state index in [4.69, 9.17) is 23.7 Å². The second-order valence-corrected chi connectivity index (χ2v) is 6.15. The average Bonchev–Trinajstić information content (AvgIpc) is 2.77. The van der Waals surface area contributed by atoms with E-state index in [0.29, 0.717) is 54.4 Å². The molecule has 0 aromatic heterocycles. The summed E-state index contributed by atoms with van der Waals surface area (Å²) >= 11 is 0. The first-order valence-electron chi connectivity index (χ1n) is 9.75. The fourth-order valence-corrected chi connectivity index (χ4v) is 2.86. The van der Waals surface area contributed by atoms with Gasteiger partial charge in [0.2, 0.25) is 5.75 Å². The molecule has 0 aliphatic heterocycles. The zero-order chi connectivity index (χ0) is 21.9. The highest BCUT2D eigenvalue weighted by atomic mass is 127. The number of aliphatic imine (C=N–C) groups is 1. The molecule has 0 amide bonds. The molecular formula is C22H32IN3O5. The molecule has 9 heteroatoms. The first-order chi connectivity index (χ1) is 14.6. The second-order valence-electron chi connectivity index (χ2n) is 6.15. The predicted octanol–water partition coefficient (Wildman–Crippen LogP) is 4.32. The number of anilines is 1. The third-order valence-electron chi connectivity index (χ3n) is 4.22. The Labute approximate surface area is 201 Å². The van der Waals surface area contributed by atoms with E-state index in [2.05, 4.69) is 15.6 Å². The quantitative estimate of drug-likeness (QED) is 0.262. The number of halogens is 1. The van der Waals surface area contributed by atoms with Crippen LogP contribution >= 0.6 is 24.0 Å². The fraction of sp³-hybridized carbons (Fsp3) is 0.409. The molecule has 0 spiro atoms. The van der Waals surface area contributed by atoms with Crippen molar-refractivity contribution in [2.45, 2.75) is 20.4 Å². The number of hydrogen-bond acceptors (Lipinski definition) is 6. The van der Waals surface area contributed by atoms with E-state index < -0.39 is 0 Å². The number of rotatable bonds is 10. The van der Waals surface area contributed by atoms with Crippen molar-refractivity contribution in [3.63, 3.8) is 0 Å². The SMILES string of the molecule is CCNC(=NCc1ccc(OC)c(OCC)c1)Nc1cc(OC)c(OC)c(OC)c1.I. The molecule has 0 aliphatic carbocycles. The Morgan fingerprint density at radius 2 is 1.48 bits per heavy atom. The van der Waals surface area contributed by atoms with E-state index in [0.717, 1.165) is 11.3 Å². The summed E-state index contributed by atoms with van der Waals surface area (Å²) in [7, 11) is 6.37. The Kier molecular flexibility index (Phi) is 11.7. The molecule has 0 saturated carbocycles. The molecule has 0 radical (unpaired) electrons.